The van der Waals surface area contributed by atoms with Crippen LogP contribution in [0.2, 0.25) is 0 Å². The molecule has 0 saturated heterocycles. The summed E-state index contributed by atoms with van der Waals surface area (Å²) in [6.45, 7) is 0.0983. The minimum atomic E-state index is -0.565. The fourth-order valence-corrected chi connectivity index (χ4v) is 1.68. The lowest BCUT2D eigenvalue weighted by Gasteiger charge is -2.16. The van der Waals surface area contributed by atoms with E-state index in [0.717, 1.165) is 0 Å². The van der Waals surface area contributed by atoms with Crippen molar-refractivity contribution in [1.29, 1.82) is 0 Å². The molecular formula is C13H17N3O5. The molecule has 0 bridgehead atoms. The summed E-state index contributed by atoms with van der Waals surface area (Å²) < 4.78 is 4.46. The van der Waals surface area contributed by atoms with Gasteiger partial charge in [-0.1, -0.05) is 0 Å². The normalized spacial score (nSPS) is 9.86. The standard InChI is InChI=1S/C13H17N3O5/c1-15(2)11-5-4-9(16(19)20)8-10(11)13(18)14-7-6-12(17)21-3/h4-5,8H,6-7H2,1-3H3,(H,14,18). The average molecular weight is 295 g/mol. The molecule has 1 aromatic rings. The number of carbonyl (C=O) groups is 2. The van der Waals surface area contributed by atoms with Crippen LogP contribution in [0.25, 0.3) is 0 Å². The maximum atomic E-state index is 12.1. The fraction of sp³-hybridized carbons (Fsp3) is 0.385. The first kappa shape index (κ1) is 16.4. The van der Waals surface area contributed by atoms with Gasteiger partial charge in [0, 0.05) is 38.5 Å². The zero-order valence-electron chi connectivity index (χ0n) is 12.1. The molecule has 1 rings (SSSR count). The number of anilines is 1. The first-order valence-electron chi connectivity index (χ1n) is 6.17. The van der Waals surface area contributed by atoms with E-state index in [1.165, 1.54) is 25.3 Å². The lowest BCUT2D eigenvalue weighted by Crippen LogP contribution is -2.28. The predicted molar refractivity (Wildman–Crippen MR) is 76.4 cm³/mol. The van der Waals surface area contributed by atoms with Gasteiger partial charge in [-0.2, -0.15) is 0 Å². The van der Waals surface area contributed by atoms with Crippen molar-refractivity contribution in [3.8, 4) is 0 Å². The number of rotatable bonds is 6. The number of hydrogen-bond acceptors (Lipinski definition) is 6. The highest BCUT2D eigenvalue weighted by atomic mass is 16.6. The summed E-state index contributed by atoms with van der Waals surface area (Å²) in [5, 5.41) is 13.3. The largest absolute Gasteiger partial charge is 0.469 e. The van der Waals surface area contributed by atoms with E-state index in [-0.39, 0.29) is 24.2 Å². The number of nitro groups is 1. The Hall–Kier alpha value is -2.64. The Morgan fingerprint density at radius 3 is 2.57 bits per heavy atom. The molecule has 0 heterocycles. The number of amides is 1. The number of nitrogens with zero attached hydrogens (tertiary/aromatic N) is 2. The predicted octanol–water partition coefficient (Wildman–Crippen LogP) is 0.954. The van der Waals surface area contributed by atoms with Gasteiger partial charge in [-0.15, -0.1) is 0 Å². The molecular weight excluding hydrogens is 278 g/mol. The molecule has 1 N–H and O–H groups in total. The Kier molecular flexibility index (Phi) is 5.65. The maximum Gasteiger partial charge on any atom is 0.307 e. The first-order chi connectivity index (χ1) is 9.86. The number of nitro benzene ring substituents is 1. The van der Waals surface area contributed by atoms with E-state index >= 15 is 0 Å². The Balaban J connectivity index is 2.92. The molecule has 0 unspecified atom stereocenters. The SMILES string of the molecule is COC(=O)CCNC(=O)c1cc([N+](=O)[O-])ccc1N(C)C. The molecule has 1 amide bonds. The van der Waals surface area contributed by atoms with Crippen molar-refractivity contribution in [2.24, 2.45) is 0 Å². The van der Waals surface area contributed by atoms with Crippen molar-refractivity contribution in [3.05, 3.63) is 33.9 Å². The van der Waals surface area contributed by atoms with Crippen LogP contribution in [0, 0.1) is 10.1 Å². The molecule has 0 aliphatic rings. The number of benzene rings is 1. The molecule has 0 fully saturated rings. The third-order valence-corrected chi connectivity index (χ3v) is 2.76. The van der Waals surface area contributed by atoms with Gasteiger partial charge >= 0.3 is 5.97 Å². The average Bonchev–Trinajstić information content (AvgIpc) is 2.45. The molecule has 0 aromatic heterocycles. The third-order valence-electron chi connectivity index (χ3n) is 2.76. The quantitative estimate of drug-likeness (QED) is 0.476. The number of esters is 1. The Bertz CT molecular complexity index is 557. The second kappa shape index (κ2) is 7.22. The smallest absolute Gasteiger partial charge is 0.307 e. The van der Waals surface area contributed by atoms with Crippen LogP contribution in [0.15, 0.2) is 18.2 Å². The summed E-state index contributed by atoms with van der Waals surface area (Å²) in [5.41, 5.74) is 0.564. The highest BCUT2D eigenvalue weighted by molar-refractivity contribution is 6.00. The number of hydrogen-bond donors (Lipinski definition) is 1. The van der Waals surface area contributed by atoms with Crippen molar-refractivity contribution in [3.63, 3.8) is 0 Å². The molecule has 114 valence electrons. The van der Waals surface area contributed by atoms with Crippen LogP contribution in [0.4, 0.5) is 11.4 Å². The van der Waals surface area contributed by atoms with E-state index in [1.54, 1.807) is 19.0 Å². The number of ether oxygens (including phenoxy) is 1. The van der Waals surface area contributed by atoms with Crippen molar-refractivity contribution in [2.75, 3.05) is 32.6 Å². The van der Waals surface area contributed by atoms with E-state index in [4.69, 9.17) is 0 Å². The van der Waals surface area contributed by atoms with E-state index in [0.29, 0.717) is 5.69 Å². The number of non-ortho nitro benzene ring substituents is 1. The van der Waals surface area contributed by atoms with Crippen molar-refractivity contribution >= 4 is 23.3 Å². The van der Waals surface area contributed by atoms with Gasteiger partial charge < -0.3 is 15.0 Å². The molecule has 1 aromatic carbocycles. The molecule has 8 nitrogen and oxygen atoms in total. The van der Waals surface area contributed by atoms with Crippen molar-refractivity contribution in [2.45, 2.75) is 6.42 Å². The van der Waals surface area contributed by atoms with Crippen molar-refractivity contribution in [1.82, 2.24) is 5.32 Å². The van der Waals surface area contributed by atoms with Gasteiger partial charge in [-0.25, -0.2) is 0 Å². The van der Waals surface area contributed by atoms with Gasteiger partial charge in [0.15, 0.2) is 0 Å². The molecule has 0 spiro atoms. The second-order valence-corrected chi connectivity index (χ2v) is 4.44. The van der Waals surface area contributed by atoms with Gasteiger partial charge in [0.05, 0.1) is 24.0 Å². The van der Waals surface area contributed by atoms with Crippen LogP contribution < -0.4 is 10.2 Å². The molecule has 0 aliphatic carbocycles. The molecule has 0 saturated carbocycles. The van der Waals surface area contributed by atoms with E-state index in [2.05, 4.69) is 10.1 Å². The van der Waals surface area contributed by atoms with Crippen LogP contribution in [-0.2, 0) is 9.53 Å². The highest BCUT2D eigenvalue weighted by Gasteiger charge is 2.17. The summed E-state index contributed by atoms with van der Waals surface area (Å²) in [6, 6.07) is 4.05. The van der Waals surface area contributed by atoms with Crippen LogP contribution >= 0.6 is 0 Å². The van der Waals surface area contributed by atoms with E-state index in [9.17, 15) is 19.7 Å². The summed E-state index contributed by atoms with van der Waals surface area (Å²) in [4.78, 5) is 35.0. The summed E-state index contributed by atoms with van der Waals surface area (Å²) in [7, 11) is 4.72. The summed E-state index contributed by atoms with van der Waals surface area (Å²) in [6.07, 6.45) is 0.0362. The minimum absolute atomic E-state index is 0.0362. The summed E-state index contributed by atoms with van der Waals surface area (Å²) in [5.74, 6) is -0.923. The monoisotopic (exact) mass is 295 g/mol. The zero-order valence-corrected chi connectivity index (χ0v) is 12.1. The molecule has 0 radical (unpaired) electrons. The van der Waals surface area contributed by atoms with Crippen LogP contribution in [0.5, 0.6) is 0 Å². The highest BCUT2D eigenvalue weighted by Crippen LogP contribution is 2.24. The van der Waals surface area contributed by atoms with E-state index in [1.807, 2.05) is 0 Å². The minimum Gasteiger partial charge on any atom is -0.469 e. The molecule has 0 aliphatic heterocycles. The summed E-state index contributed by atoms with van der Waals surface area (Å²) >= 11 is 0. The van der Waals surface area contributed by atoms with Crippen LogP contribution in [-0.4, -0.2) is 44.5 Å². The van der Waals surface area contributed by atoms with Crippen LogP contribution in [0.3, 0.4) is 0 Å². The first-order valence-corrected chi connectivity index (χ1v) is 6.17. The Labute approximate surface area is 121 Å². The van der Waals surface area contributed by atoms with E-state index < -0.39 is 16.8 Å². The zero-order chi connectivity index (χ0) is 16.0. The lowest BCUT2D eigenvalue weighted by atomic mass is 10.1. The van der Waals surface area contributed by atoms with Gasteiger partial charge in [0.2, 0.25) is 0 Å². The van der Waals surface area contributed by atoms with Crippen molar-refractivity contribution < 1.29 is 19.2 Å². The van der Waals surface area contributed by atoms with Gasteiger partial charge in [-0.05, 0) is 6.07 Å². The molecule has 21 heavy (non-hydrogen) atoms. The maximum absolute atomic E-state index is 12.1. The fourth-order valence-electron chi connectivity index (χ4n) is 1.68. The second-order valence-electron chi connectivity index (χ2n) is 4.44. The third kappa shape index (κ3) is 4.44. The van der Waals surface area contributed by atoms with Gasteiger partial charge in [0.1, 0.15) is 0 Å². The van der Waals surface area contributed by atoms with Gasteiger partial charge in [0.25, 0.3) is 11.6 Å². The Morgan fingerprint density at radius 1 is 1.38 bits per heavy atom. The topological polar surface area (TPSA) is 102 Å². The Morgan fingerprint density at radius 2 is 2.05 bits per heavy atom. The van der Waals surface area contributed by atoms with Gasteiger partial charge in [-0.3, -0.25) is 19.7 Å². The van der Waals surface area contributed by atoms with Crippen LogP contribution in [0.1, 0.15) is 16.8 Å². The lowest BCUT2D eigenvalue weighted by molar-refractivity contribution is -0.384. The number of carbonyl (C=O) groups excluding carboxylic acids is 2. The molecule has 8 heteroatoms. The number of nitrogens with one attached hydrogen (secondary N) is 1. The number of methoxy groups -OCH3 is 1. The molecule has 0 atom stereocenters.